The van der Waals surface area contributed by atoms with Gasteiger partial charge in [-0.05, 0) is 88.9 Å². The molecule has 240 valence electrons. The Hall–Kier alpha value is -1.32. The number of hydrogen-bond donors (Lipinski definition) is 2. The number of Topliss-reactive ketones (excluding diaryl/α,β-unsaturated/α-hetero) is 1. The van der Waals surface area contributed by atoms with Crippen molar-refractivity contribution in [2.75, 3.05) is 13.2 Å². The number of carboxylic acid groups (broad SMARTS) is 1. The lowest BCUT2D eigenvalue weighted by molar-refractivity contribution is -0.331. The van der Waals surface area contributed by atoms with Crippen molar-refractivity contribution >= 4 is 11.8 Å². The van der Waals surface area contributed by atoms with E-state index < -0.39 is 35.9 Å². The average Bonchev–Trinajstić information content (AvgIpc) is 3.48. The number of aliphatic carboxylic acids is 1. The molecule has 0 aromatic heterocycles. The topological polar surface area (TPSA) is 112 Å². The summed E-state index contributed by atoms with van der Waals surface area (Å²) in [6, 6.07) is 0. The molecular formula is C34H56O8. The van der Waals surface area contributed by atoms with Gasteiger partial charge in [0.1, 0.15) is 11.2 Å². The second-order valence-electron chi connectivity index (χ2n) is 13.2. The van der Waals surface area contributed by atoms with Crippen LogP contribution in [-0.4, -0.2) is 59.7 Å². The number of hydrogen-bond acceptors (Lipinski definition) is 7. The van der Waals surface area contributed by atoms with Crippen LogP contribution >= 0.6 is 0 Å². The Balaban J connectivity index is 1.27. The molecule has 8 heteroatoms. The van der Waals surface area contributed by atoms with Crippen molar-refractivity contribution < 1.29 is 38.7 Å². The van der Waals surface area contributed by atoms with E-state index in [1.165, 1.54) is 38.5 Å². The summed E-state index contributed by atoms with van der Waals surface area (Å²) in [5.74, 6) is -1.97. The predicted molar refractivity (Wildman–Crippen MR) is 160 cm³/mol. The van der Waals surface area contributed by atoms with Crippen molar-refractivity contribution in [1.82, 2.24) is 0 Å². The third kappa shape index (κ3) is 9.10. The van der Waals surface area contributed by atoms with Gasteiger partial charge in [0.2, 0.25) is 0 Å². The fourth-order valence-corrected chi connectivity index (χ4v) is 7.22. The van der Waals surface area contributed by atoms with E-state index in [9.17, 15) is 19.8 Å². The van der Waals surface area contributed by atoms with Crippen LogP contribution < -0.4 is 0 Å². The Labute approximate surface area is 252 Å². The SMILES string of the molecule is CCCCCCCC/C=C/[C@H]1CC[C@H](O)[C@@H]1CC(=O)CCCC1(C(=O)O)CC1(OC1CCCCO1)OC1CCCCO1. The monoisotopic (exact) mass is 592 g/mol. The van der Waals surface area contributed by atoms with Crippen LogP contribution in [0.2, 0.25) is 0 Å². The molecule has 2 saturated carbocycles. The van der Waals surface area contributed by atoms with E-state index in [-0.39, 0.29) is 24.0 Å². The van der Waals surface area contributed by atoms with Crippen LogP contribution in [0.15, 0.2) is 12.2 Å². The standard InChI is InChI=1S/C34H56O8/c1-2-3-4-5-6-7-8-9-15-26-19-20-29(36)28(26)24-27(35)16-14-21-33(32(37)38)25-34(33,41-30-17-10-12-22-39-30)42-31-18-11-13-23-40-31/h9,15,26,28-31,36H,2-8,10-14,16-25H2,1H3,(H,37,38)/b15-9+/t26-,28+,29-,30?,31?,33?,34?/m0/s1. The minimum absolute atomic E-state index is 0.0506. The predicted octanol–water partition coefficient (Wildman–Crippen LogP) is 7.07. The molecule has 4 rings (SSSR count). The van der Waals surface area contributed by atoms with E-state index in [0.29, 0.717) is 51.7 Å². The van der Waals surface area contributed by atoms with Crippen LogP contribution in [0.25, 0.3) is 0 Å². The summed E-state index contributed by atoms with van der Waals surface area (Å²) < 4.78 is 24.2. The fourth-order valence-electron chi connectivity index (χ4n) is 7.22. The molecule has 3 unspecified atom stereocenters. The number of ether oxygens (including phenoxy) is 4. The highest BCUT2D eigenvalue weighted by molar-refractivity contribution is 5.81. The minimum atomic E-state index is -1.29. The van der Waals surface area contributed by atoms with Crippen molar-refractivity contribution in [1.29, 1.82) is 0 Å². The number of unbranched alkanes of at least 4 members (excludes halogenated alkanes) is 6. The van der Waals surface area contributed by atoms with Gasteiger partial charge in [-0.25, -0.2) is 0 Å². The largest absolute Gasteiger partial charge is 0.481 e. The molecule has 0 radical (unpaired) electrons. The van der Waals surface area contributed by atoms with Crippen LogP contribution in [-0.2, 0) is 28.5 Å². The summed E-state index contributed by atoms with van der Waals surface area (Å²) in [7, 11) is 0. The van der Waals surface area contributed by atoms with E-state index in [1.54, 1.807) is 0 Å². The molecule has 8 nitrogen and oxygen atoms in total. The number of allylic oxidation sites excluding steroid dienone is 2. The zero-order valence-corrected chi connectivity index (χ0v) is 25.9. The molecule has 2 heterocycles. The smallest absolute Gasteiger partial charge is 0.315 e. The Bertz CT molecular complexity index is 842. The Kier molecular flexibility index (Phi) is 13.3. The van der Waals surface area contributed by atoms with Crippen LogP contribution in [0.5, 0.6) is 0 Å². The fraction of sp³-hybridized carbons (Fsp3) is 0.882. The highest BCUT2D eigenvalue weighted by atomic mass is 16.8. The summed E-state index contributed by atoms with van der Waals surface area (Å²) in [4.78, 5) is 25.7. The maximum atomic E-state index is 13.1. The van der Waals surface area contributed by atoms with Crippen molar-refractivity contribution in [2.24, 2.45) is 17.3 Å². The quantitative estimate of drug-likeness (QED) is 0.0931. The third-order valence-electron chi connectivity index (χ3n) is 9.94. The number of carboxylic acids is 1. The molecule has 42 heavy (non-hydrogen) atoms. The second kappa shape index (κ2) is 16.7. The van der Waals surface area contributed by atoms with Gasteiger partial charge in [0.05, 0.1) is 6.10 Å². The molecule has 2 aliphatic heterocycles. The zero-order chi connectivity index (χ0) is 29.8. The minimum Gasteiger partial charge on any atom is -0.481 e. The first-order chi connectivity index (χ1) is 20.4. The van der Waals surface area contributed by atoms with Crippen molar-refractivity contribution in [3.8, 4) is 0 Å². The molecule has 4 fully saturated rings. The van der Waals surface area contributed by atoms with Gasteiger partial charge in [-0.3, -0.25) is 9.59 Å². The van der Waals surface area contributed by atoms with E-state index in [2.05, 4.69) is 19.1 Å². The number of aliphatic hydroxyl groups is 1. The summed E-state index contributed by atoms with van der Waals surface area (Å²) in [6.45, 7) is 3.42. The lowest BCUT2D eigenvalue weighted by atomic mass is 9.87. The van der Waals surface area contributed by atoms with Crippen molar-refractivity contribution in [2.45, 2.75) is 160 Å². The number of rotatable bonds is 19. The van der Waals surface area contributed by atoms with E-state index in [4.69, 9.17) is 18.9 Å². The third-order valence-corrected chi connectivity index (χ3v) is 9.94. The highest BCUT2D eigenvalue weighted by Gasteiger charge is 2.76. The summed E-state index contributed by atoms with van der Waals surface area (Å²) in [6.07, 6.45) is 20.3. The maximum absolute atomic E-state index is 13.1. The average molecular weight is 593 g/mol. The van der Waals surface area contributed by atoms with Gasteiger partial charge in [0.25, 0.3) is 0 Å². The Morgan fingerprint density at radius 3 is 2.17 bits per heavy atom. The highest BCUT2D eigenvalue weighted by Crippen LogP contribution is 2.64. The Morgan fingerprint density at radius 1 is 0.881 bits per heavy atom. The number of ketones is 1. The van der Waals surface area contributed by atoms with Gasteiger partial charge in [-0.15, -0.1) is 0 Å². The molecule has 0 bridgehead atoms. The number of carbonyl (C=O) groups is 2. The van der Waals surface area contributed by atoms with E-state index in [0.717, 1.165) is 44.9 Å². The van der Waals surface area contributed by atoms with Gasteiger partial charge >= 0.3 is 5.97 Å². The summed E-state index contributed by atoms with van der Waals surface area (Å²) in [5.41, 5.74) is -1.22. The lowest BCUT2D eigenvalue weighted by Gasteiger charge is -2.34. The molecule has 6 atom stereocenters. The van der Waals surface area contributed by atoms with Crippen LogP contribution in [0, 0.1) is 17.3 Å². The molecule has 0 spiro atoms. The molecule has 0 amide bonds. The molecule has 0 aromatic rings. The van der Waals surface area contributed by atoms with E-state index in [1.807, 2.05) is 0 Å². The van der Waals surface area contributed by atoms with Crippen molar-refractivity contribution in [3.05, 3.63) is 12.2 Å². The Morgan fingerprint density at radius 2 is 1.55 bits per heavy atom. The summed E-state index contributed by atoms with van der Waals surface area (Å²) in [5, 5.41) is 21.0. The van der Waals surface area contributed by atoms with Gasteiger partial charge in [0.15, 0.2) is 18.4 Å². The first kappa shape index (κ1) is 33.6. The van der Waals surface area contributed by atoms with Gasteiger partial charge in [-0.1, -0.05) is 51.2 Å². The van der Waals surface area contributed by atoms with Gasteiger partial charge < -0.3 is 29.2 Å². The first-order valence-electron chi connectivity index (χ1n) is 17.1. The van der Waals surface area contributed by atoms with Crippen LogP contribution in [0.3, 0.4) is 0 Å². The number of aliphatic hydroxyl groups excluding tert-OH is 1. The van der Waals surface area contributed by atoms with Crippen LogP contribution in [0.4, 0.5) is 0 Å². The maximum Gasteiger partial charge on any atom is 0.315 e. The van der Waals surface area contributed by atoms with Gasteiger partial charge in [-0.2, -0.15) is 0 Å². The summed E-state index contributed by atoms with van der Waals surface area (Å²) >= 11 is 0. The lowest BCUT2D eigenvalue weighted by Crippen LogP contribution is -2.41. The second-order valence-corrected chi connectivity index (χ2v) is 13.2. The van der Waals surface area contributed by atoms with Gasteiger partial charge in [0, 0.05) is 32.5 Å². The number of carbonyl (C=O) groups excluding carboxylic acids is 1. The first-order valence-corrected chi connectivity index (χ1v) is 17.1. The molecule has 2 saturated heterocycles. The molecular weight excluding hydrogens is 536 g/mol. The van der Waals surface area contributed by atoms with E-state index >= 15 is 0 Å². The molecule has 4 aliphatic rings. The normalized spacial score (nSPS) is 35.0. The van der Waals surface area contributed by atoms with Crippen LogP contribution in [0.1, 0.15) is 135 Å². The molecule has 0 aromatic carbocycles. The molecule has 2 aliphatic carbocycles. The van der Waals surface area contributed by atoms with Crippen molar-refractivity contribution in [3.63, 3.8) is 0 Å². The molecule has 2 N–H and O–H groups in total. The zero-order valence-electron chi connectivity index (χ0n) is 25.9.